The third-order valence-corrected chi connectivity index (χ3v) is 7.53. The van der Waals surface area contributed by atoms with Crippen LogP contribution in [0.15, 0.2) is 68.3 Å². The smallest absolute Gasteiger partial charge is 0.338 e. The van der Waals surface area contributed by atoms with Gasteiger partial charge in [-0.25, -0.2) is 14.6 Å². The molecule has 9 nitrogen and oxygen atoms in total. The number of hydrogen-bond donors (Lipinski definition) is 0. The van der Waals surface area contributed by atoms with Crippen LogP contribution in [0.1, 0.15) is 31.0 Å². The first kappa shape index (κ1) is 24.5. The topological polar surface area (TPSA) is 96.8 Å². The maximum absolute atomic E-state index is 13.8. The molecule has 1 aliphatic heterocycles. The summed E-state index contributed by atoms with van der Waals surface area (Å²) in [5.41, 5.74) is 3.39. The predicted molar refractivity (Wildman–Crippen MR) is 142 cm³/mol. The fraction of sp³-hybridized carbons (Fsp3) is 0.259. The number of nitrogens with zero attached hydrogens (tertiary/aromatic N) is 4. The summed E-state index contributed by atoms with van der Waals surface area (Å²) in [4.78, 5) is 44.3. The van der Waals surface area contributed by atoms with Gasteiger partial charge in [0, 0.05) is 19.7 Å². The van der Waals surface area contributed by atoms with Gasteiger partial charge in [0.1, 0.15) is 11.8 Å². The predicted octanol–water partition coefficient (Wildman–Crippen LogP) is 2.00. The Morgan fingerprint density at radius 1 is 1.11 bits per heavy atom. The zero-order valence-electron chi connectivity index (χ0n) is 21.1. The molecule has 1 aliphatic rings. The maximum Gasteiger partial charge on any atom is 0.338 e. The van der Waals surface area contributed by atoms with Crippen LogP contribution in [0.25, 0.3) is 17.1 Å². The molecule has 0 aliphatic carbocycles. The van der Waals surface area contributed by atoms with Gasteiger partial charge in [0.2, 0.25) is 0 Å². The van der Waals surface area contributed by atoms with E-state index in [2.05, 4.69) is 4.99 Å². The number of aromatic nitrogens is 3. The molecule has 0 bridgehead atoms. The lowest BCUT2D eigenvalue weighted by atomic mass is 9.95. The van der Waals surface area contributed by atoms with Gasteiger partial charge in [0.15, 0.2) is 4.80 Å². The first-order chi connectivity index (χ1) is 17.8. The van der Waals surface area contributed by atoms with Crippen molar-refractivity contribution in [2.24, 2.45) is 19.1 Å². The lowest BCUT2D eigenvalue weighted by Crippen LogP contribution is -2.40. The van der Waals surface area contributed by atoms with Gasteiger partial charge < -0.3 is 9.47 Å². The molecule has 37 heavy (non-hydrogen) atoms. The molecule has 10 heteroatoms. The summed E-state index contributed by atoms with van der Waals surface area (Å²) in [5, 5.41) is 0. The quantitative estimate of drug-likeness (QED) is 0.377. The van der Waals surface area contributed by atoms with E-state index in [1.165, 1.54) is 15.9 Å². The van der Waals surface area contributed by atoms with Crippen molar-refractivity contribution in [2.75, 3.05) is 13.7 Å². The second-order valence-electron chi connectivity index (χ2n) is 8.69. The maximum atomic E-state index is 13.8. The molecular weight excluding hydrogens is 492 g/mol. The van der Waals surface area contributed by atoms with Crippen molar-refractivity contribution in [2.45, 2.75) is 19.9 Å². The van der Waals surface area contributed by atoms with Crippen molar-refractivity contribution >= 4 is 34.4 Å². The first-order valence-electron chi connectivity index (χ1n) is 11.7. The van der Waals surface area contributed by atoms with Gasteiger partial charge in [-0.05, 0) is 43.7 Å². The highest BCUT2D eigenvalue weighted by molar-refractivity contribution is 7.07. The van der Waals surface area contributed by atoms with Crippen LogP contribution in [-0.4, -0.2) is 33.4 Å². The average molecular weight is 519 g/mol. The van der Waals surface area contributed by atoms with Crippen molar-refractivity contribution in [1.82, 2.24) is 13.7 Å². The minimum absolute atomic E-state index is 0.120. The van der Waals surface area contributed by atoms with Crippen LogP contribution in [-0.2, 0) is 23.6 Å². The van der Waals surface area contributed by atoms with E-state index in [0.29, 0.717) is 31.9 Å². The summed E-state index contributed by atoms with van der Waals surface area (Å²) >= 11 is 1.24. The normalized spacial score (nSPS) is 15.6. The molecule has 2 aromatic heterocycles. The minimum atomic E-state index is -0.758. The lowest BCUT2D eigenvalue weighted by molar-refractivity contribution is -0.139. The largest absolute Gasteiger partial charge is 0.496 e. The van der Waals surface area contributed by atoms with E-state index >= 15 is 0 Å². The number of esters is 1. The van der Waals surface area contributed by atoms with Crippen LogP contribution in [0.2, 0.25) is 0 Å². The highest BCUT2D eigenvalue weighted by Gasteiger charge is 2.34. The molecular formula is C27H26N4O5S. The van der Waals surface area contributed by atoms with Crippen molar-refractivity contribution in [3.8, 4) is 5.75 Å². The third-order valence-electron chi connectivity index (χ3n) is 6.54. The van der Waals surface area contributed by atoms with Crippen molar-refractivity contribution in [1.29, 1.82) is 0 Å². The van der Waals surface area contributed by atoms with E-state index in [1.54, 1.807) is 56.3 Å². The summed E-state index contributed by atoms with van der Waals surface area (Å²) in [6, 6.07) is 12.1. The summed E-state index contributed by atoms with van der Waals surface area (Å²) in [7, 11) is 5.00. The summed E-state index contributed by atoms with van der Waals surface area (Å²) < 4.78 is 16.1. The molecule has 0 N–H and O–H groups in total. The van der Waals surface area contributed by atoms with E-state index in [-0.39, 0.29) is 17.9 Å². The Morgan fingerprint density at radius 3 is 2.57 bits per heavy atom. The lowest BCUT2D eigenvalue weighted by Gasteiger charge is -2.25. The van der Waals surface area contributed by atoms with Gasteiger partial charge >= 0.3 is 11.7 Å². The van der Waals surface area contributed by atoms with E-state index in [0.717, 1.165) is 16.6 Å². The Morgan fingerprint density at radius 2 is 1.84 bits per heavy atom. The number of ether oxygens (including phenoxy) is 2. The number of carbonyl (C=O) groups excluding carboxylic acids is 1. The molecule has 4 aromatic rings. The van der Waals surface area contributed by atoms with E-state index < -0.39 is 12.0 Å². The Bertz CT molecular complexity index is 1840. The van der Waals surface area contributed by atoms with Gasteiger partial charge in [-0.15, -0.1) is 0 Å². The number of imidazole rings is 1. The van der Waals surface area contributed by atoms with Gasteiger partial charge in [-0.2, -0.15) is 0 Å². The number of para-hydroxylation sites is 1. The molecule has 0 saturated heterocycles. The molecule has 5 rings (SSSR count). The summed E-state index contributed by atoms with van der Waals surface area (Å²) in [5.74, 6) is 0.0263. The molecule has 3 heterocycles. The van der Waals surface area contributed by atoms with E-state index in [4.69, 9.17) is 9.47 Å². The number of allylic oxidation sites excluding steroid dienone is 1. The van der Waals surface area contributed by atoms with Crippen LogP contribution in [0.5, 0.6) is 5.75 Å². The minimum Gasteiger partial charge on any atom is -0.496 e. The number of fused-ring (bicyclic) bond motifs is 2. The second-order valence-corrected chi connectivity index (χ2v) is 9.70. The van der Waals surface area contributed by atoms with Crippen LogP contribution >= 0.6 is 11.3 Å². The number of hydrogen-bond acceptors (Lipinski definition) is 7. The highest BCUT2D eigenvalue weighted by Crippen LogP contribution is 2.35. The number of methoxy groups -OCH3 is 1. The molecule has 0 unspecified atom stereocenters. The fourth-order valence-electron chi connectivity index (χ4n) is 4.74. The van der Waals surface area contributed by atoms with E-state index in [9.17, 15) is 14.4 Å². The molecule has 0 radical (unpaired) electrons. The Hall–Kier alpha value is -4.18. The number of rotatable bonds is 5. The van der Waals surface area contributed by atoms with Gasteiger partial charge in [0.25, 0.3) is 5.56 Å². The molecule has 0 fully saturated rings. The van der Waals surface area contributed by atoms with Crippen molar-refractivity contribution in [3.63, 3.8) is 0 Å². The Labute approximate surface area is 215 Å². The number of aryl methyl sites for hydroxylation is 2. The van der Waals surface area contributed by atoms with Crippen LogP contribution < -0.4 is 25.3 Å². The van der Waals surface area contributed by atoms with Crippen molar-refractivity contribution in [3.05, 3.63) is 95.0 Å². The van der Waals surface area contributed by atoms with Gasteiger partial charge in [-0.1, -0.05) is 35.6 Å². The monoisotopic (exact) mass is 518 g/mol. The Kier molecular flexibility index (Phi) is 6.20. The second kappa shape index (κ2) is 9.36. The molecule has 190 valence electrons. The number of benzene rings is 2. The third kappa shape index (κ3) is 3.93. The number of carbonyl (C=O) groups is 1. The zero-order chi connectivity index (χ0) is 26.4. The summed E-state index contributed by atoms with van der Waals surface area (Å²) in [6.45, 7) is 3.68. The average Bonchev–Trinajstić information content (AvgIpc) is 3.31. The van der Waals surface area contributed by atoms with Gasteiger partial charge in [-0.3, -0.25) is 18.5 Å². The van der Waals surface area contributed by atoms with Gasteiger partial charge in [0.05, 0.1) is 40.6 Å². The standard InChI is InChI=1S/C27H26N4O5S/c1-6-36-25(33)22-15(2)28-26-31(23(22)17-9-7-8-10-20(17)35-5)24(32)21(37-26)14-16-11-12-18-19(13-16)30(4)27(34)29(18)3/h7-14,23H,6H2,1-5H3/b21-14+/t23-/m0/s1. The molecule has 0 saturated carbocycles. The van der Waals surface area contributed by atoms with Crippen LogP contribution in [0.4, 0.5) is 0 Å². The van der Waals surface area contributed by atoms with Crippen molar-refractivity contribution < 1.29 is 14.3 Å². The van der Waals surface area contributed by atoms with E-state index in [1.807, 2.05) is 36.4 Å². The zero-order valence-corrected chi connectivity index (χ0v) is 22.0. The Balaban J connectivity index is 1.75. The fourth-order valence-corrected chi connectivity index (χ4v) is 5.79. The molecule has 1 atom stereocenters. The molecule has 2 aromatic carbocycles. The van der Waals surface area contributed by atoms with Crippen LogP contribution in [0.3, 0.4) is 0 Å². The molecule has 0 spiro atoms. The summed E-state index contributed by atoms with van der Waals surface area (Å²) in [6.07, 6.45) is 1.78. The number of thiazole rings is 1. The highest BCUT2D eigenvalue weighted by atomic mass is 32.1. The SMILES string of the molecule is CCOC(=O)C1=C(C)N=c2s/c(=C/c3ccc4c(c3)n(C)c(=O)n4C)c(=O)n2[C@H]1c1ccccc1OC. The first-order valence-corrected chi connectivity index (χ1v) is 12.6. The molecule has 0 amide bonds. The van der Waals surface area contributed by atoms with Crippen LogP contribution in [0, 0.1) is 0 Å².